The lowest BCUT2D eigenvalue weighted by Crippen LogP contribution is -2.40. The Labute approximate surface area is 126 Å². The number of aromatic nitrogens is 1. The summed E-state index contributed by atoms with van der Waals surface area (Å²) < 4.78 is 6.29. The van der Waals surface area contributed by atoms with E-state index in [2.05, 4.69) is 32.3 Å². The van der Waals surface area contributed by atoms with Crippen molar-refractivity contribution >= 4 is 26.8 Å². The molecule has 5 heteroatoms. The minimum Gasteiger partial charge on any atom is -0.386 e. The quantitative estimate of drug-likeness (QED) is 0.899. The van der Waals surface area contributed by atoms with Crippen LogP contribution in [0.4, 0.5) is 0 Å². The van der Waals surface area contributed by atoms with Crippen LogP contribution in [-0.4, -0.2) is 35.5 Å². The normalized spacial score (nSPS) is 22.5. The largest absolute Gasteiger partial charge is 0.386 e. The number of ether oxygens (including phenoxy) is 1. The van der Waals surface area contributed by atoms with Crippen LogP contribution in [0, 0.1) is 0 Å². The monoisotopic (exact) mass is 336 g/mol. The molecule has 1 fully saturated rings. The van der Waals surface area contributed by atoms with E-state index in [4.69, 9.17) is 4.74 Å². The van der Waals surface area contributed by atoms with Gasteiger partial charge in [0.1, 0.15) is 5.60 Å². The van der Waals surface area contributed by atoms with Crippen LogP contribution < -0.4 is 5.32 Å². The van der Waals surface area contributed by atoms with Crippen LogP contribution in [0.25, 0.3) is 10.9 Å². The van der Waals surface area contributed by atoms with E-state index >= 15 is 0 Å². The second-order valence-electron chi connectivity index (χ2n) is 5.24. The van der Waals surface area contributed by atoms with E-state index in [1.165, 1.54) is 0 Å². The Morgan fingerprint density at radius 2 is 2.30 bits per heavy atom. The van der Waals surface area contributed by atoms with Crippen molar-refractivity contribution in [3.8, 4) is 0 Å². The zero-order valence-electron chi connectivity index (χ0n) is 11.1. The summed E-state index contributed by atoms with van der Waals surface area (Å²) in [6.45, 7) is 2.28. The summed E-state index contributed by atoms with van der Waals surface area (Å²) in [5.41, 5.74) is 1.40. The molecule has 0 spiro atoms. The molecule has 1 aromatic carbocycles. The van der Waals surface area contributed by atoms with Crippen LogP contribution >= 0.6 is 15.9 Å². The second kappa shape index (κ2) is 5.77. The molecule has 0 aliphatic carbocycles. The number of hydrogen-bond donors (Lipinski definition) is 2. The van der Waals surface area contributed by atoms with Gasteiger partial charge in [-0.25, -0.2) is 0 Å². The number of fused-ring (bicyclic) bond motifs is 1. The molecule has 0 bridgehead atoms. The summed E-state index contributed by atoms with van der Waals surface area (Å²) in [6.07, 6.45) is 2.50. The van der Waals surface area contributed by atoms with Gasteiger partial charge >= 0.3 is 0 Å². The SMILES string of the molecule is O[C@]1(CNCc2ccc(Br)c3cccnc23)CCOC1. The highest BCUT2D eigenvalue weighted by atomic mass is 79.9. The van der Waals surface area contributed by atoms with Gasteiger partial charge in [0.05, 0.1) is 12.1 Å². The minimum atomic E-state index is -0.724. The van der Waals surface area contributed by atoms with E-state index in [1.54, 1.807) is 6.20 Å². The second-order valence-corrected chi connectivity index (χ2v) is 6.09. The molecular weight excluding hydrogens is 320 g/mol. The van der Waals surface area contributed by atoms with Crippen molar-refractivity contribution in [1.29, 1.82) is 0 Å². The van der Waals surface area contributed by atoms with Crippen molar-refractivity contribution in [3.05, 3.63) is 40.5 Å². The van der Waals surface area contributed by atoms with E-state index in [1.807, 2.05) is 18.2 Å². The van der Waals surface area contributed by atoms with Crippen molar-refractivity contribution in [1.82, 2.24) is 10.3 Å². The van der Waals surface area contributed by atoms with Gasteiger partial charge in [-0.1, -0.05) is 28.1 Å². The maximum Gasteiger partial charge on any atom is 0.102 e. The number of benzene rings is 1. The topological polar surface area (TPSA) is 54.4 Å². The number of halogens is 1. The van der Waals surface area contributed by atoms with Gasteiger partial charge in [-0.2, -0.15) is 0 Å². The standard InChI is InChI=1S/C15H17BrN2O2/c16-13-4-3-11(14-12(13)2-1-6-18-14)8-17-9-15(19)5-7-20-10-15/h1-4,6,17,19H,5,7-10H2/t15-/m0/s1. The molecule has 106 valence electrons. The van der Waals surface area contributed by atoms with Crippen molar-refractivity contribution in [2.75, 3.05) is 19.8 Å². The van der Waals surface area contributed by atoms with Crippen molar-refractivity contribution in [2.24, 2.45) is 0 Å². The van der Waals surface area contributed by atoms with Gasteiger partial charge in [0.2, 0.25) is 0 Å². The summed E-state index contributed by atoms with van der Waals surface area (Å²) in [6, 6.07) is 8.08. The van der Waals surface area contributed by atoms with Crippen molar-refractivity contribution < 1.29 is 9.84 Å². The average Bonchev–Trinajstić information content (AvgIpc) is 2.89. The first-order valence-corrected chi connectivity index (χ1v) is 7.50. The fraction of sp³-hybridized carbons (Fsp3) is 0.400. The van der Waals surface area contributed by atoms with Gasteiger partial charge in [0, 0.05) is 42.2 Å². The Kier molecular flexibility index (Phi) is 4.03. The molecule has 1 atom stereocenters. The van der Waals surface area contributed by atoms with E-state index in [9.17, 15) is 5.11 Å². The number of hydrogen-bond acceptors (Lipinski definition) is 4. The molecule has 0 saturated carbocycles. The third-order valence-corrected chi connectivity index (χ3v) is 4.34. The average molecular weight is 337 g/mol. The fourth-order valence-electron chi connectivity index (χ4n) is 2.50. The van der Waals surface area contributed by atoms with Crippen LogP contribution in [0.5, 0.6) is 0 Å². The molecule has 2 N–H and O–H groups in total. The molecule has 1 aliphatic heterocycles. The molecule has 0 amide bonds. The molecule has 0 radical (unpaired) electrons. The molecule has 3 rings (SSSR count). The van der Waals surface area contributed by atoms with Gasteiger partial charge in [0.15, 0.2) is 0 Å². The first kappa shape index (κ1) is 13.9. The molecule has 0 unspecified atom stereocenters. The van der Waals surface area contributed by atoms with E-state index in [-0.39, 0.29) is 0 Å². The predicted molar refractivity (Wildman–Crippen MR) is 81.5 cm³/mol. The molecule has 4 nitrogen and oxygen atoms in total. The molecule has 2 heterocycles. The van der Waals surface area contributed by atoms with E-state index in [0.29, 0.717) is 32.7 Å². The Morgan fingerprint density at radius 1 is 1.40 bits per heavy atom. The van der Waals surface area contributed by atoms with Gasteiger partial charge in [0.25, 0.3) is 0 Å². The van der Waals surface area contributed by atoms with Gasteiger partial charge in [-0.05, 0) is 17.7 Å². The van der Waals surface area contributed by atoms with Gasteiger partial charge < -0.3 is 15.2 Å². The summed E-state index contributed by atoms with van der Waals surface area (Å²) in [4.78, 5) is 4.45. The minimum absolute atomic E-state index is 0.416. The van der Waals surface area contributed by atoms with E-state index in [0.717, 1.165) is 20.9 Å². The zero-order valence-corrected chi connectivity index (χ0v) is 12.7. The van der Waals surface area contributed by atoms with Crippen LogP contribution in [0.3, 0.4) is 0 Å². The fourth-order valence-corrected chi connectivity index (χ4v) is 2.96. The summed E-state index contributed by atoms with van der Waals surface area (Å²) >= 11 is 3.54. The van der Waals surface area contributed by atoms with Crippen LogP contribution in [0.2, 0.25) is 0 Å². The smallest absolute Gasteiger partial charge is 0.102 e. The van der Waals surface area contributed by atoms with Crippen LogP contribution in [-0.2, 0) is 11.3 Å². The third-order valence-electron chi connectivity index (χ3n) is 3.65. The number of aliphatic hydroxyl groups is 1. The number of pyridine rings is 1. The van der Waals surface area contributed by atoms with Crippen molar-refractivity contribution in [2.45, 2.75) is 18.6 Å². The van der Waals surface area contributed by atoms with Crippen molar-refractivity contribution in [3.63, 3.8) is 0 Å². The lowest BCUT2D eigenvalue weighted by Gasteiger charge is -2.21. The van der Waals surface area contributed by atoms with Crippen LogP contribution in [0.1, 0.15) is 12.0 Å². The molecule has 1 aliphatic rings. The molecular formula is C15H17BrN2O2. The van der Waals surface area contributed by atoms with Gasteiger partial charge in [-0.3, -0.25) is 4.98 Å². The summed E-state index contributed by atoms with van der Waals surface area (Å²) in [7, 11) is 0. The Morgan fingerprint density at radius 3 is 3.10 bits per heavy atom. The highest BCUT2D eigenvalue weighted by molar-refractivity contribution is 9.10. The molecule has 2 aromatic rings. The third kappa shape index (κ3) is 2.86. The first-order valence-electron chi connectivity index (χ1n) is 6.71. The van der Waals surface area contributed by atoms with Gasteiger partial charge in [-0.15, -0.1) is 0 Å². The lowest BCUT2D eigenvalue weighted by atomic mass is 10.0. The maximum absolute atomic E-state index is 10.2. The molecule has 1 saturated heterocycles. The first-order chi connectivity index (χ1) is 9.68. The number of nitrogens with zero attached hydrogens (tertiary/aromatic N) is 1. The lowest BCUT2D eigenvalue weighted by molar-refractivity contribution is 0.0269. The molecule has 20 heavy (non-hydrogen) atoms. The predicted octanol–water partition coefficient (Wildman–Crippen LogP) is 2.24. The maximum atomic E-state index is 10.2. The highest BCUT2D eigenvalue weighted by Crippen LogP contribution is 2.25. The Balaban J connectivity index is 1.73. The summed E-state index contributed by atoms with van der Waals surface area (Å²) in [5.74, 6) is 0. The molecule has 1 aromatic heterocycles. The van der Waals surface area contributed by atoms with Crippen LogP contribution in [0.15, 0.2) is 34.9 Å². The summed E-state index contributed by atoms with van der Waals surface area (Å²) in [5, 5.41) is 14.6. The Bertz CT molecular complexity index is 612. The zero-order chi connectivity index (χ0) is 14.0. The number of rotatable bonds is 4. The Hall–Kier alpha value is -1.01. The highest BCUT2D eigenvalue weighted by Gasteiger charge is 2.31. The number of nitrogens with one attached hydrogen (secondary N) is 1. The van der Waals surface area contributed by atoms with E-state index < -0.39 is 5.60 Å².